The summed E-state index contributed by atoms with van der Waals surface area (Å²) in [5.74, 6) is 1.87. The van der Waals surface area contributed by atoms with E-state index in [0.29, 0.717) is 13.0 Å². The number of carbonyl (C=O) groups excluding carboxylic acids is 1. The largest absolute Gasteiger partial charge is 0.357 e. The lowest BCUT2D eigenvalue weighted by atomic mass is 9.90. The highest BCUT2D eigenvalue weighted by atomic mass is 127. The highest BCUT2D eigenvalue weighted by Gasteiger charge is 2.20. The van der Waals surface area contributed by atoms with Crippen LogP contribution in [0.25, 0.3) is 0 Å². The van der Waals surface area contributed by atoms with E-state index < -0.39 is 0 Å². The van der Waals surface area contributed by atoms with E-state index in [0.717, 1.165) is 37.8 Å². The number of hydrogen-bond acceptors (Lipinski definition) is 3. The summed E-state index contributed by atoms with van der Waals surface area (Å²) in [5.41, 5.74) is 1.48. The van der Waals surface area contributed by atoms with Crippen LogP contribution in [0.1, 0.15) is 51.0 Å². The number of piperidine rings is 2. The van der Waals surface area contributed by atoms with Gasteiger partial charge in [-0.05, 0) is 76.6 Å². The van der Waals surface area contributed by atoms with Crippen molar-refractivity contribution in [3.8, 4) is 0 Å². The maximum Gasteiger partial charge on any atom is 0.220 e. The predicted octanol–water partition coefficient (Wildman–Crippen LogP) is 3.17. The Morgan fingerprint density at radius 3 is 2.61 bits per heavy atom. The number of aliphatic imine (C=N–C) groups is 1. The third-order valence-electron chi connectivity index (χ3n) is 6.18. The minimum atomic E-state index is 0. The van der Waals surface area contributed by atoms with Gasteiger partial charge in [-0.25, -0.2) is 0 Å². The summed E-state index contributed by atoms with van der Waals surface area (Å²) in [6.07, 6.45) is 7.65. The normalized spacial score (nSPS) is 20.6. The number of nitrogens with zero attached hydrogens (tertiary/aromatic N) is 2. The molecule has 1 aromatic carbocycles. The molecule has 6 nitrogen and oxygen atoms in total. The van der Waals surface area contributed by atoms with Crippen molar-refractivity contribution in [3.05, 3.63) is 35.9 Å². The molecule has 3 N–H and O–H groups in total. The van der Waals surface area contributed by atoms with Crippen LogP contribution in [-0.4, -0.2) is 62.1 Å². The van der Waals surface area contributed by atoms with Crippen LogP contribution in [0.15, 0.2) is 35.3 Å². The van der Waals surface area contributed by atoms with E-state index in [9.17, 15) is 4.79 Å². The Balaban J connectivity index is 0.00000341. The molecule has 2 aliphatic heterocycles. The van der Waals surface area contributed by atoms with Gasteiger partial charge in [0.1, 0.15) is 0 Å². The van der Waals surface area contributed by atoms with Crippen molar-refractivity contribution in [2.75, 3.05) is 39.3 Å². The summed E-state index contributed by atoms with van der Waals surface area (Å²) < 4.78 is 0. The molecule has 3 rings (SSSR count). The molecule has 0 aromatic heterocycles. The number of amides is 1. The van der Waals surface area contributed by atoms with Gasteiger partial charge in [-0.15, -0.1) is 24.0 Å². The highest BCUT2D eigenvalue weighted by Crippen LogP contribution is 2.21. The fraction of sp³-hybridized carbons (Fsp3) is 0.667. The molecule has 1 atom stereocenters. The van der Waals surface area contributed by atoms with E-state index in [4.69, 9.17) is 4.99 Å². The number of likely N-dealkylation sites (tertiary alicyclic amines) is 1. The number of halogens is 1. The van der Waals surface area contributed by atoms with Gasteiger partial charge in [0.05, 0.1) is 0 Å². The zero-order valence-corrected chi connectivity index (χ0v) is 21.3. The predicted molar refractivity (Wildman–Crippen MR) is 139 cm³/mol. The Kier molecular flexibility index (Phi) is 12.3. The quantitative estimate of drug-likeness (QED) is 0.195. The van der Waals surface area contributed by atoms with E-state index >= 15 is 0 Å². The van der Waals surface area contributed by atoms with Gasteiger partial charge >= 0.3 is 0 Å². The zero-order chi connectivity index (χ0) is 21.0. The van der Waals surface area contributed by atoms with Crippen molar-refractivity contribution >= 4 is 35.8 Å². The second-order valence-corrected chi connectivity index (χ2v) is 8.63. The fourth-order valence-electron chi connectivity index (χ4n) is 4.37. The Morgan fingerprint density at radius 1 is 1.16 bits per heavy atom. The Labute approximate surface area is 205 Å². The van der Waals surface area contributed by atoms with E-state index in [2.05, 4.69) is 58.1 Å². The van der Waals surface area contributed by atoms with Crippen LogP contribution in [0.5, 0.6) is 0 Å². The van der Waals surface area contributed by atoms with Gasteiger partial charge in [0.15, 0.2) is 5.96 Å². The first-order valence-corrected chi connectivity index (χ1v) is 11.8. The number of unbranched alkanes of at least 4 members (excludes halogenated alkanes) is 1. The molecule has 2 fully saturated rings. The van der Waals surface area contributed by atoms with E-state index in [1.165, 1.54) is 50.9 Å². The van der Waals surface area contributed by atoms with E-state index in [-0.39, 0.29) is 35.9 Å². The molecule has 174 valence electrons. The first-order chi connectivity index (χ1) is 14.7. The molecule has 7 heteroatoms. The number of nitrogens with one attached hydrogen (secondary N) is 3. The van der Waals surface area contributed by atoms with Crippen LogP contribution in [0, 0.1) is 5.92 Å². The lowest BCUT2D eigenvalue weighted by Gasteiger charge is -2.32. The van der Waals surface area contributed by atoms with Crippen molar-refractivity contribution in [3.63, 3.8) is 0 Å². The summed E-state index contributed by atoms with van der Waals surface area (Å²) in [5, 5.41) is 9.70. The third kappa shape index (κ3) is 9.76. The lowest BCUT2D eigenvalue weighted by molar-refractivity contribution is -0.122. The molecule has 31 heavy (non-hydrogen) atoms. The van der Waals surface area contributed by atoms with Crippen LogP contribution in [0.4, 0.5) is 0 Å². The van der Waals surface area contributed by atoms with Crippen molar-refractivity contribution < 1.29 is 4.79 Å². The van der Waals surface area contributed by atoms with Gasteiger partial charge in [-0.3, -0.25) is 9.79 Å². The molecule has 0 spiro atoms. The molecule has 0 aliphatic carbocycles. The molecule has 0 radical (unpaired) electrons. The average Bonchev–Trinajstić information content (AvgIpc) is 2.77. The SMILES string of the molecule is CCNC(=NCCCCN1CCC(Cc2ccccc2)CC1)NC1CCC(=O)NC1.I. The first-order valence-electron chi connectivity index (χ1n) is 11.8. The molecule has 1 amide bonds. The van der Waals surface area contributed by atoms with E-state index in [1.807, 2.05) is 0 Å². The Hall–Kier alpha value is -1.35. The van der Waals surface area contributed by atoms with Crippen molar-refractivity contribution in [1.82, 2.24) is 20.9 Å². The van der Waals surface area contributed by atoms with Crippen molar-refractivity contribution in [1.29, 1.82) is 0 Å². The summed E-state index contributed by atoms with van der Waals surface area (Å²) in [6, 6.07) is 11.2. The zero-order valence-electron chi connectivity index (χ0n) is 18.9. The molecule has 2 saturated heterocycles. The van der Waals surface area contributed by atoms with Crippen molar-refractivity contribution in [2.24, 2.45) is 10.9 Å². The first kappa shape index (κ1) is 25.9. The molecule has 1 aromatic rings. The molecule has 2 aliphatic rings. The van der Waals surface area contributed by atoms with Gasteiger partial charge in [0, 0.05) is 32.1 Å². The summed E-state index contributed by atoms with van der Waals surface area (Å²) in [4.78, 5) is 18.7. The van der Waals surface area contributed by atoms with Crippen LogP contribution >= 0.6 is 24.0 Å². The van der Waals surface area contributed by atoms with Crippen LogP contribution in [0.2, 0.25) is 0 Å². The molecule has 0 saturated carbocycles. The van der Waals surface area contributed by atoms with Gasteiger partial charge in [0.2, 0.25) is 5.91 Å². The molecular formula is C24H40IN5O. The monoisotopic (exact) mass is 541 g/mol. The Morgan fingerprint density at radius 2 is 1.94 bits per heavy atom. The van der Waals surface area contributed by atoms with E-state index in [1.54, 1.807) is 0 Å². The number of benzene rings is 1. The van der Waals surface area contributed by atoms with Gasteiger partial charge in [-0.1, -0.05) is 30.3 Å². The standard InChI is InChI=1S/C24H39N5O.HI/c1-2-25-24(28-22-10-11-23(30)27-19-22)26-14-6-7-15-29-16-12-21(13-17-29)18-20-8-4-3-5-9-20;/h3-5,8-9,21-22H,2,6-7,10-19H2,1H3,(H,27,30)(H2,25,26,28);1H. The number of hydrogen-bond donors (Lipinski definition) is 3. The van der Waals surface area contributed by atoms with Crippen molar-refractivity contribution in [2.45, 2.75) is 57.9 Å². The second kappa shape index (κ2) is 14.7. The van der Waals surface area contributed by atoms with Crippen LogP contribution in [-0.2, 0) is 11.2 Å². The number of guanidine groups is 1. The average molecular weight is 542 g/mol. The molecule has 0 bridgehead atoms. The maximum atomic E-state index is 11.3. The smallest absolute Gasteiger partial charge is 0.220 e. The molecular weight excluding hydrogens is 501 g/mol. The van der Waals surface area contributed by atoms with Gasteiger partial charge in [0.25, 0.3) is 0 Å². The van der Waals surface area contributed by atoms with Crippen LogP contribution in [0.3, 0.4) is 0 Å². The summed E-state index contributed by atoms with van der Waals surface area (Å²) >= 11 is 0. The number of carbonyl (C=O) groups is 1. The van der Waals surface area contributed by atoms with Gasteiger partial charge < -0.3 is 20.9 Å². The maximum absolute atomic E-state index is 11.3. The lowest BCUT2D eigenvalue weighted by Crippen LogP contribution is -2.51. The van der Waals surface area contributed by atoms with Crippen LogP contribution < -0.4 is 16.0 Å². The number of rotatable bonds is 9. The Bertz CT molecular complexity index is 651. The van der Waals surface area contributed by atoms with Gasteiger partial charge in [-0.2, -0.15) is 0 Å². The summed E-state index contributed by atoms with van der Waals surface area (Å²) in [7, 11) is 0. The highest BCUT2D eigenvalue weighted by molar-refractivity contribution is 14.0. The molecule has 1 unspecified atom stereocenters. The second-order valence-electron chi connectivity index (χ2n) is 8.63. The minimum Gasteiger partial charge on any atom is -0.357 e. The third-order valence-corrected chi connectivity index (χ3v) is 6.18. The summed E-state index contributed by atoms with van der Waals surface area (Å²) in [6.45, 7) is 8.12. The molecule has 2 heterocycles. The minimum absolute atomic E-state index is 0. The topological polar surface area (TPSA) is 68.8 Å². The fourth-order valence-corrected chi connectivity index (χ4v) is 4.37.